The summed E-state index contributed by atoms with van der Waals surface area (Å²) in [6.45, 7) is 2.49. The van der Waals surface area contributed by atoms with Crippen LogP contribution in [0.4, 0.5) is 5.69 Å². The molecular weight excluding hydrogens is 376 g/mol. The molecule has 0 unspecified atom stereocenters. The van der Waals surface area contributed by atoms with Gasteiger partial charge in [-0.05, 0) is 31.2 Å². The smallest absolute Gasteiger partial charge is 0.232 e. The van der Waals surface area contributed by atoms with E-state index < -0.39 is 5.92 Å². The number of nitrogens with zero attached hydrogens (tertiary/aromatic N) is 1. The first kappa shape index (κ1) is 18.4. The standard InChI is InChI=1S/C25H22N2O3/c1-16-10-12-18(13-11-16)27-15-17(14-23(27)28)26-25(29)24-19-6-2-4-8-21(19)30-22-9-5-3-7-20(22)24/h2-13,17,24H,14-15H2,1H3,(H,26,29)/t17-/m1/s1. The van der Waals surface area contributed by atoms with Crippen LogP contribution in [0.15, 0.2) is 72.8 Å². The molecule has 1 atom stereocenters. The second-order valence-corrected chi connectivity index (χ2v) is 7.86. The maximum Gasteiger partial charge on any atom is 0.232 e. The highest BCUT2D eigenvalue weighted by atomic mass is 16.5. The molecule has 5 rings (SSSR count). The Morgan fingerprint density at radius 1 is 0.933 bits per heavy atom. The van der Waals surface area contributed by atoms with Crippen LogP contribution >= 0.6 is 0 Å². The molecule has 0 aromatic heterocycles. The molecule has 1 saturated heterocycles. The molecule has 1 N–H and O–H groups in total. The third-order valence-electron chi connectivity index (χ3n) is 5.76. The van der Waals surface area contributed by atoms with E-state index in [9.17, 15) is 9.59 Å². The topological polar surface area (TPSA) is 58.6 Å². The fourth-order valence-electron chi connectivity index (χ4n) is 4.26. The van der Waals surface area contributed by atoms with Gasteiger partial charge < -0.3 is 15.0 Å². The number of hydrogen-bond acceptors (Lipinski definition) is 3. The zero-order chi connectivity index (χ0) is 20.7. The van der Waals surface area contributed by atoms with Crippen molar-refractivity contribution in [1.29, 1.82) is 0 Å². The van der Waals surface area contributed by atoms with Crippen LogP contribution in [0.5, 0.6) is 11.5 Å². The van der Waals surface area contributed by atoms with E-state index in [2.05, 4.69) is 5.32 Å². The lowest BCUT2D eigenvalue weighted by molar-refractivity contribution is -0.122. The summed E-state index contributed by atoms with van der Waals surface area (Å²) in [6, 6.07) is 22.9. The average molecular weight is 398 g/mol. The molecule has 5 heteroatoms. The van der Waals surface area contributed by atoms with Crippen molar-refractivity contribution in [2.45, 2.75) is 25.3 Å². The van der Waals surface area contributed by atoms with Crippen LogP contribution in [-0.2, 0) is 9.59 Å². The number of nitrogens with one attached hydrogen (secondary N) is 1. The van der Waals surface area contributed by atoms with Crippen molar-refractivity contribution >= 4 is 17.5 Å². The molecule has 3 aromatic rings. The number of ether oxygens (including phenoxy) is 1. The Balaban J connectivity index is 1.39. The van der Waals surface area contributed by atoms with Crippen molar-refractivity contribution < 1.29 is 14.3 Å². The molecule has 2 amide bonds. The number of fused-ring (bicyclic) bond motifs is 2. The number of carbonyl (C=O) groups is 2. The van der Waals surface area contributed by atoms with Crippen LogP contribution < -0.4 is 15.0 Å². The van der Waals surface area contributed by atoms with E-state index >= 15 is 0 Å². The minimum absolute atomic E-state index is 0.0249. The Morgan fingerprint density at radius 3 is 2.17 bits per heavy atom. The lowest BCUT2D eigenvalue weighted by atomic mass is 9.87. The Bertz CT molecular complexity index is 1080. The quantitative estimate of drug-likeness (QED) is 0.721. The highest BCUT2D eigenvalue weighted by molar-refractivity contribution is 5.97. The van der Waals surface area contributed by atoms with E-state index in [1.54, 1.807) is 4.90 Å². The largest absolute Gasteiger partial charge is 0.457 e. The van der Waals surface area contributed by atoms with Crippen molar-refractivity contribution in [3.63, 3.8) is 0 Å². The van der Waals surface area contributed by atoms with E-state index in [1.807, 2.05) is 79.7 Å². The number of benzene rings is 3. The van der Waals surface area contributed by atoms with Gasteiger partial charge in [0.25, 0.3) is 0 Å². The first-order chi connectivity index (χ1) is 14.6. The zero-order valence-electron chi connectivity index (χ0n) is 16.7. The Labute approximate surface area is 175 Å². The van der Waals surface area contributed by atoms with Gasteiger partial charge in [-0.15, -0.1) is 0 Å². The number of anilines is 1. The molecular formula is C25H22N2O3. The summed E-state index contributed by atoms with van der Waals surface area (Å²) in [5.41, 5.74) is 3.69. The summed E-state index contributed by atoms with van der Waals surface area (Å²) in [5, 5.41) is 3.11. The summed E-state index contributed by atoms with van der Waals surface area (Å²) < 4.78 is 5.99. The predicted molar refractivity (Wildman–Crippen MR) is 115 cm³/mol. The van der Waals surface area contributed by atoms with E-state index in [0.717, 1.165) is 22.4 Å². The highest BCUT2D eigenvalue weighted by Crippen LogP contribution is 2.44. The zero-order valence-corrected chi connectivity index (χ0v) is 16.7. The number of amides is 2. The van der Waals surface area contributed by atoms with Crippen molar-refractivity contribution in [1.82, 2.24) is 5.32 Å². The number of para-hydroxylation sites is 2. The average Bonchev–Trinajstić information content (AvgIpc) is 3.12. The minimum Gasteiger partial charge on any atom is -0.457 e. The third-order valence-corrected chi connectivity index (χ3v) is 5.76. The minimum atomic E-state index is -0.463. The molecule has 2 aliphatic rings. The molecule has 5 nitrogen and oxygen atoms in total. The van der Waals surface area contributed by atoms with Gasteiger partial charge in [-0.25, -0.2) is 0 Å². The molecule has 2 aliphatic heterocycles. The SMILES string of the molecule is Cc1ccc(N2C[C@H](NC(=O)C3c4ccccc4Oc4ccccc43)CC2=O)cc1. The number of aryl methyl sites for hydroxylation is 1. The highest BCUT2D eigenvalue weighted by Gasteiger charge is 2.36. The fourth-order valence-corrected chi connectivity index (χ4v) is 4.26. The van der Waals surface area contributed by atoms with Crippen LogP contribution in [0.1, 0.15) is 29.0 Å². The van der Waals surface area contributed by atoms with E-state index in [1.165, 1.54) is 0 Å². The molecule has 0 saturated carbocycles. The lowest BCUT2D eigenvalue weighted by Crippen LogP contribution is -2.40. The summed E-state index contributed by atoms with van der Waals surface area (Å²) in [6.07, 6.45) is 0.298. The first-order valence-corrected chi connectivity index (χ1v) is 10.1. The van der Waals surface area contributed by atoms with Crippen molar-refractivity contribution in [2.75, 3.05) is 11.4 Å². The van der Waals surface area contributed by atoms with Crippen molar-refractivity contribution in [3.8, 4) is 11.5 Å². The normalized spacial score (nSPS) is 17.8. The third kappa shape index (κ3) is 3.22. The van der Waals surface area contributed by atoms with Gasteiger partial charge in [0, 0.05) is 29.8 Å². The van der Waals surface area contributed by atoms with Crippen LogP contribution in [0.2, 0.25) is 0 Å². The van der Waals surface area contributed by atoms with Gasteiger partial charge in [-0.3, -0.25) is 9.59 Å². The molecule has 0 radical (unpaired) electrons. The molecule has 30 heavy (non-hydrogen) atoms. The van der Waals surface area contributed by atoms with Gasteiger partial charge in [0.15, 0.2) is 0 Å². The maximum atomic E-state index is 13.4. The summed E-state index contributed by atoms with van der Waals surface area (Å²) in [7, 11) is 0. The summed E-state index contributed by atoms with van der Waals surface area (Å²) in [5.74, 6) is 0.841. The molecule has 0 aliphatic carbocycles. The molecule has 3 aromatic carbocycles. The van der Waals surface area contributed by atoms with Gasteiger partial charge in [0.2, 0.25) is 11.8 Å². The van der Waals surface area contributed by atoms with Crippen molar-refractivity contribution in [2.24, 2.45) is 0 Å². The maximum absolute atomic E-state index is 13.4. The number of rotatable bonds is 3. The van der Waals surface area contributed by atoms with E-state index in [-0.39, 0.29) is 17.9 Å². The Kier molecular flexibility index (Phi) is 4.51. The number of hydrogen-bond donors (Lipinski definition) is 1. The number of carbonyl (C=O) groups excluding carboxylic acids is 2. The van der Waals surface area contributed by atoms with Gasteiger partial charge in [-0.2, -0.15) is 0 Å². The second-order valence-electron chi connectivity index (χ2n) is 7.86. The predicted octanol–water partition coefficient (Wildman–Crippen LogP) is 4.15. The van der Waals surface area contributed by atoms with Crippen LogP contribution in [-0.4, -0.2) is 24.4 Å². The fraction of sp³-hybridized carbons (Fsp3) is 0.200. The van der Waals surface area contributed by atoms with Crippen LogP contribution in [0.25, 0.3) is 0 Å². The van der Waals surface area contributed by atoms with Gasteiger partial charge in [0.1, 0.15) is 11.5 Å². The molecule has 0 bridgehead atoms. The van der Waals surface area contributed by atoms with Crippen LogP contribution in [0, 0.1) is 6.92 Å². The van der Waals surface area contributed by atoms with E-state index in [0.29, 0.717) is 24.5 Å². The first-order valence-electron chi connectivity index (χ1n) is 10.1. The van der Waals surface area contributed by atoms with Gasteiger partial charge in [0.05, 0.1) is 12.0 Å². The second kappa shape index (κ2) is 7.34. The van der Waals surface area contributed by atoms with Gasteiger partial charge in [-0.1, -0.05) is 54.1 Å². The lowest BCUT2D eigenvalue weighted by Gasteiger charge is -2.28. The van der Waals surface area contributed by atoms with Gasteiger partial charge >= 0.3 is 0 Å². The van der Waals surface area contributed by atoms with Crippen LogP contribution in [0.3, 0.4) is 0 Å². The van der Waals surface area contributed by atoms with Crippen molar-refractivity contribution in [3.05, 3.63) is 89.5 Å². The summed E-state index contributed by atoms with van der Waals surface area (Å²) in [4.78, 5) is 27.7. The molecule has 150 valence electrons. The Morgan fingerprint density at radius 2 is 1.53 bits per heavy atom. The molecule has 1 fully saturated rings. The summed E-state index contributed by atoms with van der Waals surface area (Å²) >= 11 is 0. The molecule has 2 heterocycles. The monoisotopic (exact) mass is 398 g/mol. The Hall–Kier alpha value is -3.60. The van der Waals surface area contributed by atoms with E-state index in [4.69, 9.17) is 4.74 Å². The molecule has 0 spiro atoms.